The number of methoxy groups -OCH3 is 1. The molecule has 108 valence electrons. The third-order valence-electron chi connectivity index (χ3n) is 3.42. The van der Waals surface area contributed by atoms with Gasteiger partial charge in [-0.05, 0) is 31.4 Å². The van der Waals surface area contributed by atoms with Crippen molar-refractivity contribution in [2.24, 2.45) is 0 Å². The maximum atomic E-state index is 13.4. The summed E-state index contributed by atoms with van der Waals surface area (Å²) >= 11 is 5.83. The number of hydrogen-bond acceptors (Lipinski definition) is 3. The monoisotopic (exact) mass is 299 g/mol. The number of amides is 1. The van der Waals surface area contributed by atoms with Crippen LogP contribution in [0.1, 0.15) is 29.6 Å². The van der Waals surface area contributed by atoms with Crippen LogP contribution in [-0.2, 0) is 9.53 Å². The fourth-order valence-corrected chi connectivity index (χ4v) is 2.59. The normalized spacial score (nSPS) is 18.8. The third-order valence-corrected chi connectivity index (χ3v) is 3.80. The minimum atomic E-state index is -0.649. The van der Waals surface area contributed by atoms with E-state index in [1.54, 1.807) is 0 Å². The first-order valence-corrected chi connectivity index (χ1v) is 6.77. The van der Waals surface area contributed by atoms with Crippen LogP contribution in [0.2, 0.25) is 5.02 Å². The summed E-state index contributed by atoms with van der Waals surface area (Å²) in [7, 11) is 1.29. The lowest BCUT2D eigenvalue weighted by Crippen LogP contribution is -2.48. The SMILES string of the molecule is COC(=O)C1CCCCN1C(=O)c1cccc(F)c1Cl. The van der Waals surface area contributed by atoms with Crippen molar-refractivity contribution in [3.8, 4) is 0 Å². The van der Waals surface area contributed by atoms with Crippen LogP contribution in [0, 0.1) is 5.82 Å². The Bertz CT molecular complexity index is 535. The highest BCUT2D eigenvalue weighted by molar-refractivity contribution is 6.34. The molecule has 1 atom stereocenters. The van der Waals surface area contributed by atoms with Crippen LogP contribution in [-0.4, -0.2) is 36.5 Å². The standard InChI is InChI=1S/C14H15ClFNO3/c1-20-14(19)11-7-2-3-8-17(11)13(18)9-5-4-6-10(16)12(9)15/h4-6,11H,2-3,7-8H2,1H3. The van der Waals surface area contributed by atoms with Crippen molar-refractivity contribution < 1.29 is 18.7 Å². The molecule has 1 aliphatic rings. The molecular formula is C14H15ClFNO3. The van der Waals surface area contributed by atoms with E-state index < -0.39 is 23.7 Å². The second kappa shape index (κ2) is 6.22. The van der Waals surface area contributed by atoms with Gasteiger partial charge in [-0.1, -0.05) is 17.7 Å². The van der Waals surface area contributed by atoms with E-state index in [9.17, 15) is 14.0 Å². The Morgan fingerprint density at radius 1 is 1.40 bits per heavy atom. The molecule has 1 aromatic carbocycles. The molecule has 0 saturated carbocycles. The summed E-state index contributed by atoms with van der Waals surface area (Å²) in [5.41, 5.74) is 0.0717. The molecule has 4 nitrogen and oxygen atoms in total. The number of halogens is 2. The van der Waals surface area contributed by atoms with E-state index >= 15 is 0 Å². The summed E-state index contributed by atoms with van der Waals surface area (Å²) < 4.78 is 18.2. The number of likely N-dealkylation sites (tertiary alicyclic amines) is 1. The van der Waals surface area contributed by atoms with E-state index in [1.807, 2.05) is 0 Å². The highest BCUT2D eigenvalue weighted by atomic mass is 35.5. The molecule has 0 spiro atoms. The lowest BCUT2D eigenvalue weighted by Gasteiger charge is -2.34. The minimum Gasteiger partial charge on any atom is -0.467 e. The highest BCUT2D eigenvalue weighted by Gasteiger charge is 2.34. The minimum absolute atomic E-state index is 0.0717. The molecule has 1 amide bonds. The van der Waals surface area contributed by atoms with Gasteiger partial charge < -0.3 is 9.64 Å². The quantitative estimate of drug-likeness (QED) is 0.789. The molecule has 1 fully saturated rings. The number of piperidine rings is 1. The average Bonchev–Trinajstić information content (AvgIpc) is 2.48. The molecule has 1 aliphatic heterocycles. The van der Waals surface area contributed by atoms with Gasteiger partial charge in [-0.2, -0.15) is 0 Å². The number of rotatable bonds is 2. The number of ether oxygens (including phenoxy) is 1. The van der Waals surface area contributed by atoms with E-state index in [4.69, 9.17) is 16.3 Å². The van der Waals surface area contributed by atoms with Gasteiger partial charge in [0.05, 0.1) is 17.7 Å². The van der Waals surface area contributed by atoms with Crippen LogP contribution in [0.25, 0.3) is 0 Å². The zero-order chi connectivity index (χ0) is 14.7. The molecular weight excluding hydrogens is 285 g/mol. The number of carbonyl (C=O) groups is 2. The summed E-state index contributed by atoms with van der Waals surface area (Å²) in [5.74, 6) is -1.54. The summed E-state index contributed by atoms with van der Waals surface area (Å²) in [6.07, 6.45) is 2.19. The summed E-state index contributed by atoms with van der Waals surface area (Å²) in [4.78, 5) is 25.6. The van der Waals surface area contributed by atoms with Gasteiger partial charge in [-0.3, -0.25) is 4.79 Å². The number of nitrogens with zero attached hydrogens (tertiary/aromatic N) is 1. The Morgan fingerprint density at radius 2 is 2.15 bits per heavy atom. The topological polar surface area (TPSA) is 46.6 Å². The number of hydrogen-bond donors (Lipinski definition) is 0. The Labute approximate surface area is 121 Å². The molecule has 0 radical (unpaired) electrons. The van der Waals surface area contributed by atoms with Crippen molar-refractivity contribution in [1.29, 1.82) is 0 Å². The Hall–Kier alpha value is -1.62. The zero-order valence-electron chi connectivity index (χ0n) is 11.1. The number of carbonyl (C=O) groups excluding carboxylic acids is 2. The van der Waals surface area contributed by atoms with Crippen LogP contribution in [0.3, 0.4) is 0 Å². The van der Waals surface area contributed by atoms with Crippen molar-refractivity contribution in [2.45, 2.75) is 25.3 Å². The highest BCUT2D eigenvalue weighted by Crippen LogP contribution is 2.25. The Kier molecular flexibility index (Phi) is 4.60. The molecule has 1 heterocycles. The lowest BCUT2D eigenvalue weighted by atomic mass is 10.0. The summed E-state index contributed by atoms with van der Waals surface area (Å²) in [6, 6.07) is 3.44. The molecule has 1 saturated heterocycles. The molecule has 1 aromatic rings. The van der Waals surface area contributed by atoms with E-state index in [0.717, 1.165) is 12.8 Å². The lowest BCUT2D eigenvalue weighted by molar-refractivity contribution is -0.147. The van der Waals surface area contributed by atoms with Gasteiger partial charge in [0.25, 0.3) is 5.91 Å². The zero-order valence-corrected chi connectivity index (χ0v) is 11.8. The first-order valence-electron chi connectivity index (χ1n) is 6.39. The predicted octanol–water partition coefficient (Wildman–Crippen LogP) is 2.65. The second-order valence-electron chi connectivity index (χ2n) is 4.63. The fraction of sp³-hybridized carbons (Fsp3) is 0.429. The molecule has 6 heteroatoms. The van der Waals surface area contributed by atoms with Gasteiger partial charge in [-0.15, -0.1) is 0 Å². The van der Waals surface area contributed by atoms with Crippen molar-refractivity contribution in [2.75, 3.05) is 13.7 Å². The van der Waals surface area contributed by atoms with Gasteiger partial charge in [0.1, 0.15) is 11.9 Å². The fourth-order valence-electron chi connectivity index (χ4n) is 2.38. The Morgan fingerprint density at radius 3 is 2.85 bits per heavy atom. The molecule has 0 N–H and O–H groups in total. The largest absolute Gasteiger partial charge is 0.467 e. The van der Waals surface area contributed by atoms with Crippen LogP contribution in [0.15, 0.2) is 18.2 Å². The maximum Gasteiger partial charge on any atom is 0.328 e. The third kappa shape index (κ3) is 2.77. The molecule has 1 unspecified atom stereocenters. The maximum absolute atomic E-state index is 13.4. The second-order valence-corrected chi connectivity index (χ2v) is 5.01. The van der Waals surface area contributed by atoms with Crippen molar-refractivity contribution >= 4 is 23.5 Å². The van der Waals surface area contributed by atoms with Gasteiger partial charge in [0.2, 0.25) is 0 Å². The van der Waals surface area contributed by atoms with Crippen LogP contribution >= 0.6 is 11.6 Å². The van der Waals surface area contributed by atoms with E-state index in [-0.39, 0.29) is 10.6 Å². The first kappa shape index (κ1) is 14.8. The molecule has 20 heavy (non-hydrogen) atoms. The van der Waals surface area contributed by atoms with E-state index in [0.29, 0.717) is 13.0 Å². The predicted molar refractivity (Wildman–Crippen MR) is 72.1 cm³/mol. The van der Waals surface area contributed by atoms with Crippen molar-refractivity contribution in [1.82, 2.24) is 4.90 Å². The molecule has 0 aliphatic carbocycles. The van der Waals surface area contributed by atoms with Crippen LogP contribution < -0.4 is 0 Å². The van der Waals surface area contributed by atoms with Gasteiger partial charge in [0.15, 0.2) is 0 Å². The summed E-state index contributed by atoms with van der Waals surface area (Å²) in [5, 5.41) is -0.216. The average molecular weight is 300 g/mol. The van der Waals surface area contributed by atoms with Gasteiger partial charge in [-0.25, -0.2) is 9.18 Å². The molecule has 2 rings (SSSR count). The smallest absolute Gasteiger partial charge is 0.328 e. The number of esters is 1. The van der Waals surface area contributed by atoms with E-state index in [2.05, 4.69) is 0 Å². The van der Waals surface area contributed by atoms with Gasteiger partial charge in [0, 0.05) is 6.54 Å². The van der Waals surface area contributed by atoms with Crippen molar-refractivity contribution in [3.05, 3.63) is 34.6 Å². The first-order chi connectivity index (χ1) is 9.56. The summed E-state index contributed by atoms with van der Waals surface area (Å²) in [6.45, 7) is 0.436. The van der Waals surface area contributed by atoms with Gasteiger partial charge >= 0.3 is 5.97 Å². The Balaban J connectivity index is 2.30. The molecule has 0 aromatic heterocycles. The molecule has 0 bridgehead atoms. The van der Waals surface area contributed by atoms with E-state index in [1.165, 1.54) is 30.2 Å². The van der Waals surface area contributed by atoms with Crippen molar-refractivity contribution in [3.63, 3.8) is 0 Å². The van der Waals surface area contributed by atoms with Crippen LogP contribution in [0.5, 0.6) is 0 Å². The van der Waals surface area contributed by atoms with Crippen LogP contribution in [0.4, 0.5) is 4.39 Å². The number of benzene rings is 1.